The molecule has 3 nitrogen and oxygen atoms in total. The molecule has 1 saturated heterocycles. The summed E-state index contributed by atoms with van der Waals surface area (Å²) < 4.78 is 38.8. The van der Waals surface area contributed by atoms with Crippen molar-refractivity contribution in [3.05, 3.63) is 29.3 Å². The van der Waals surface area contributed by atoms with E-state index in [9.17, 15) is 8.78 Å². The highest BCUT2D eigenvalue weighted by Gasteiger charge is 2.22. The Morgan fingerprint density at radius 3 is 2.57 bits per heavy atom. The van der Waals surface area contributed by atoms with Crippen LogP contribution in [-0.2, 0) is 4.74 Å². The molecule has 1 aliphatic heterocycles. The minimum absolute atomic E-state index is 0.0779. The zero-order valence-corrected chi connectivity index (χ0v) is 12.6. The van der Waals surface area contributed by atoms with Crippen molar-refractivity contribution in [2.24, 2.45) is 0 Å². The van der Waals surface area contributed by atoms with E-state index in [0.29, 0.717) is 6.42 Å². The van der Waals surface area contributed by atoms with Crippen LogP contribution in [0.5, 0.6) is 5.75 Å². The second-order valence-corrected chi connectivity index (χ2v) is 5.41. The first kappa shape index (κ1) is 16.2. The van der Waals surface area contributed by atoms with Crippen LogP contribution in [0.4, 0.5) is 8.78 Å². The molecule has 21 heavy (non-hydrogen) atoms. The Kier molecular flexibility index (Phi) is 5.94. The van der Waals surface area contributed by atoms with E-state index >= 15 is 0 Å². The van der Waals surface area contributed by atoms with Gasteiger partial charge in [-0.05, 0) is 39.2 Å². The van der Waals surface area contributed by atoms with Gasteiger partial charge in [-0.2, -0.15) is 0 Å². The smallest absolute Gasteiger partial charge is 0.134 e. The number of benzene rings is 1. The van der Waals surface area contributed by atoms with E-state index in [1.807, 2.05) is 0 Å². The summed E-state index contributed by atoms with van der Waals surface area (Å²) in [5, 5.41) is 3.00. The normalized spacial score (nSPS) is 20.3. The molecule has 0 spiro atoms. The van der Waals surface area contributed by atoms with Gasteiger partial charge in [0.2, 0.25) is 0 Å². The molecule has 0 amide bonds. The van der Waals surface area contributed by atoms with Crippen molar-refractivity contribution in [2.75, 3.05) is 20.8 Å². The van der Waals surface area contributed by atoms with Crippen LogP contribution in [0.15, 0.2) is 12.1 Å². The first-order valence-corrected chi connectivity index (χ1v) is 7.47. The highest BCUT2D eigenvalue weighted by Crippen LogP contribution is 2.29. The minimum Gasteiger partial charge on any atom is -0.497 e. The predicted octanol–water partition coefficient (Wildman–Crippen LogP) is 3.58. The van der Waals surface area contributed by atoms with Crippen LogP contribution in [0.2, 0.25) is 0 Å². The quantitative estimate of drug-likeness (QED) is 0.871. The summed E-state index contributed by atoms with van der Waals surface area (Å²) in [7, 11) is 3.11. The maximum Gasteiger partial charge on any atom is 0.134 e. The van der Waals surface area contributed by atoms with Gasteiger partial charge in [-0.15, -0.1) is 0 Å². The molecule has 1 N–H and O–H groups in total. The van der Waals surface area contributed by atoms with Gasteiger partial charge in [-0.25, -0.2) is 8.78 Å². The van der Waals surface area contributed by atoms with Crippen LogP contribution >= 0.6 is 0 Å². The second-order valence-electron chi connectivity index (χ2n) is 5.41. The number of ether oxygens (including phenoxy) is 2. The van der Waals surface area contributed by atoms with Crippen molar-refractivity contribution >= 4 is 0 Å². The van der Waals surface area contributed by atoms with E-state index in [4.69, 9.17) is 9.47 Å². The average molecular weight is 299 g/mol. The molecule has 1 heterocycles. The Hall–Kier alpha value is -1.20. The third kappa shape index (κ3) is 4.14. The van der Waals surface area contributed by atoms with Gasteiger partial charge in [-0.3, -0.25) is 0 Å². The van der Waals surface area contributed by atoms with Crippen LogP contribution in [0, 0.1) is 11.6 Å². The molecule has 118 valence electrons. The Bertz CT molecular complexity index is 439. The molecular formula is C16H23F2NO2. The Morgan fingerprint density at radius 2 is 2.05 bits per heavy atom. The molecule has 1 fully saturated rings. The molecule has 1 aromatic rings. The Labute approximate surface area is 124 Å². The summed E-state index contributed by atoms with van der Waals surface area (Å²) >= 11 is 0. The lowest BCUT2D eigenvalue weighted by atomic mass is 9.96. The van der Waals surface area contributed by atoms with Crippen LogP contribution in [0.25, 0.3) is 0 Å². The fourth-order valence-electron chi connectivity index (χ4n) is 2.83. The van der Waals surface area contributed by atoms with Gasteiger partial charge in [-0.1, -0.05) is 0 Å². The molecule has 0 aliphatic carbocycles. The van der Waals surface area contributed by atoms with Gasteiger partial charge in [0.1, 0.15) is 17.4 Å². The molecular weight excluding hydrogens is 276 g/mol. The number of hydrogen-bond acceptors (Lipinski definition) is 3. The van der Waals surface area contributed by atoms with Gasteiger partial charge < -0.3 is 14.8 Å². The third-order valence-electron chi connectivity index (χ3n) is 4.04. The number of halogens is 2. The number of hydrogen-bond donors (Lipinski definition) is 1. The highest BCUT2D eigenvalue weighted by atomic mass is 19.1. The molecule has 1 aliphatic rings. The first-order chi connectivity index (χ1) is 10.2. The van der Waals surface area contributed by atoms with Crippen LogP contribution < -0.4 is 10.1 Å². The van der Waals surface area contributed by atoms with Gasteiger partial charge in [0.15, 0.2) is 0 Å². The standard InChI is InChI=1S/C16H23F2NO2/c1-19-15(7-6-11-5-3-4-8-21-11)16-13(17)9-12(20-2)10-14(16)18/h9-11,15,19H,3-8H2,1-2H3. The number of methoxy groups -OCH3 is 1. The monoisotopic (exact) mass is 299 g/mol. The van der Waals surface area contributed by atoms with Crippen molar-refractivity contribution < 1.29 is 18.3 Å². The topological polar surface area (TPSA) is 30.5 Å². The Balaban J connectivity index is 2.06. The Morgan fingerprint density at radius 1 is 1.33 bits per heavy atom. The molecule has 2 rings (SSSR count). The average Bonchev–Trinajstić information content (AvgIpc) is 2.50. The summed E-state index contributed by atoms with van der Waals surface area (Å²) in [6.07, 6.45) is 4.95. The molecule has 2 unspecified atom stereocenters. The lowest BCUT2D eigenvalue weighted by Crippen LogP contribution is -2.24. The molecule has 0 bridgehead atoms. The first-order valence-electron chi connectivity index (χ1n) is 7.47. The molecule has 0 radical (unpaired) electrons. The SMILES string of the molecule is CNC(CCC1CCCCO1)c1c(F)cc(OC)cc1F. The zero-order valence-electron chi connectivity index (χ0n) is 12.6. The molecule has 1 aromatic carbocycles. The molecule has 2 atom stereocenters. The number of rotatable bonds is 6. The van der Waals surface area contributed by atoms with E-state index in [-0.39, 0.29) is 23.5 Å². The third-order valence-corrected chi connectivity index (χ3v) is 4.04. The predicted molar refractivity (Wildman–Crippen MR) is 77.5 cm³/mol. The van der Waals surface area contributed by atoms with Crippen molar-refractivity contribution in [2.45, 2.75) is 44.2 Å². The summed E-state index contributed by atoms with van der Waals surface area (Å²) in [6.45, 7) is 0.792. The summed E-state index contributed by atoms with van der Waals surface area (Å²) in [5.74, 6) is -0.953. The molecule has 5 heteroatoms. The van der Waals surface area contributed by atoms with E-state index < -0.39 is 11.6 Å². The lowest BCUT2D eigenvalue weighted by Gasteiger charge is -2.25. The van der Waals surface area contributed by atoms with Crippen molar-refractivity contribution in [3.8, 4) is 5.75 Å². The highest BCUT2D eigenvalue weighted by molar-refractivity contribution is 5.32. The van der Waals surface area contributed by atoms with Crippen LogP contribution in [0.3, 0.4) is 0 Å². The van der Waals surface area contributed by atoms with Crippen molar-refractivity contribution in [3.63, 3.8) is 0 Å². The lowest BCUT2D eigenvalue weighted by molar-refractivity contribution is 0.00854. The molecule has 0 aromatic heterocycles. The fraction of sp³-hybridized carbons (Fsp3) is 0.625. The van der Waals surface area contributed by atoms with Gasteiger partial charge >= 0.3 is 0 Å². The van der Waals surface area contributed by atoms with Crippen molar-refractivity contribution in [1.82, 2.24) is 5.32 Å². The van der Waals surface area contributed by atoms with E-state index in [1.165, 1.54) is 25.7 Å². The van der Waals surface area contributed by atoms with Gasteiger partial charge in [0.05, 0.1) is 13.2 Å². The second kappa shape index (κ2) is 7.71. The van der Waals surface area contributed by atoms with E-state index in [1.54, 1.807) is 7.05 Å². The van der Waals surface area contributed by atoms with Gasteiger partial charge in [0.25, 0.3) is 0 Å². The summed E-state index contributed by atoms with van der Waals surface area (Å²) in [4.78, 5) is 0. The van der Waals surface area contributed by atoms with E-state index in [0.717, 1.165) is 25.9 Å². The van der Waals surface area contributed by atoms with Crippen molar-refractivity contribution in [1.29, 1.82) is 0 Å². The fourth-order valence-corrected chi connectivity index (χ4v) is 2.83. The van der Waals surface area contributed by atoms with Crippen LogP contribution in [0.1, 0.15) is 43.7 Å². The minimum atomic E-state index is -0.573. The van der Waals surface area contributed by atoms with Crippen LogP contribution in [-0.4, -0.2) is 26.9 Å². The maximum absolute atomic E-state index is 14.1. The molecule has 0 saturated carbocycles. The maximum atomic E-state index is 14.1. The van der Waals surface area contributed by atoms with E-state index in [2.05, 4.69) is 5.32 Å². The summed E-state index contributed by atoms with van der Waals surface area (Å²) in [5.41, 5.74) is 0.0779. The zero-order chi connectivity index (χ0) is 15.2. The summed E-state index contributed by atoms with van der Waals surface area (Å²) in [6, 6.07) is 2.08. The number of nitrogens with one attached hydrogen (secondary N) is 1. The van der Waals surface area contributed by atoms with Gasteiger partial charge in [0, 0.05) is 30.3 Å². The largest absolute Gasteiger partial charge is 0.497 e.